The first-order chi connectivity index (χ1) is 15.8. The summed E-state index contributed by atoms with van der Waals surface area (Å²) in [6, 6.07) is 22.3. The van der Waals surface area contributed by atoms with Gasteiger partial charge in [0, 0.05) is 50.4 Å². The first-order valence-corrected chi connectivity index (χ1v) is 13.0. The number of sulfone groups is 1. The Balaban J connectivity index is 1.36. The fourth-order valence-electron chi connectivity index (χ4n) is 3.87. The van der Waals surface area contributed by atoms with Gasteiger partial charge in [0.05, 0.1) is 15.5 Å². The van der Waals surface area contributed by atoms with Crippen molar-refractivity contribution >= 4 is 38.7 Å². The Labute approximate surface area is 199 Å². The van der Waals surface area contributed by atoms with E-state index < -0.39 is 15.7 Å². The zero-order chi connectivity index (χ0) is 23.4. The summed E-state index contributed by atoms with van der Waals surface area (Å²) in [7, 11) is -3.44. The van der Waals surface area contributed by atoms with Gasteiger partial charge >= 0.3 is 0 Å². The third kappa shape index (κ3) is 5.93. The van der Waals surface area contributed by atoms with Gasteiger partial charge in [0.25, 0.3) is 5.91 Å². The molecule has 172 valence electrons. The highest BCUT2D eigenvalue weighted by atomic mass is 35.5. The van der Waals surface area contributed by atoms with Gasteiger partial charge in [-0.3, -0.25) is 9.69 Å². The van der Waals surface area contributed by atoms with Gasteiger partial charge in [0.15, 0.2) is 9.84 Å². The number of hydrogen-bond acceptors (Lipinski definition) is 5. The van der Waals surface area contributed by atoms with Gasteiger partial charge < -0.3 is 10.2 Å². The molecule has 1 aliphatic heterocycles. The zero-order valence-corrected chi connectivity index (χ0v) is 19.9. The molecule has 0 aromatic heterocycles. The van der Waals surface area contributed by atoms with E-state index in [1.165, 1.54) is 23.8 Å². The van der Waals surface area contributed by atoms with Crippen molar-refractivity contribution in [2.75, 3.05) is 42.7 Å². The Bertz CT molecular complexity index is 1220. The number of benzene rings is 3. The summed E-state index contributed by atoms with van der Waals surface area (Å²) < 4.78 is 23.6. The molecule has 0 radical (unpaired) electrons. The van der Waals surface area contributed by atoms with E-state index in [9.17, 15) is 13.2 Å². The SMILES string of the molecule is CS(=O)(=O)c1ccc(Cl)c(C(=O)Nc2ccc(N3CCN(Cc4ccccc4)CC3)cc2)c1. The molecule has 8 heteroatoms. The van der Waals surface area contributed by atoms with Crippen LogP contribution in [-0.4, -0.2) is 51.7 Å². The lowest BCUT2D eigenvalue weighted by molar-refractivity contribution is 0.102. The predicted molar refractivity (Wildman–Crippen MR) is 133 cm³/mol. The fourth-order valence-corrected chi connectivity index (χ4v) is 4.72. The molecule has 0 aliphatic carbocycles. The molecule has 1 heterocycles. The lowest BCUT2D eigenvalue weighted by atomic mass is 10.1. The largest absolute Gasteiger partial charge is 0.369 e. The number of anilines is 2. The van der Waals surface area contributed by atoms with Gasteiger partial charge in [-0.1, -0.05) is 41.9 Å². The van der Waals surface area contributed by atoms with Gasteiger partial charge in [-0.2, -0.15) is 0 Å². The van der Waals surface area contributed by atoms with E-state index in [0.717, 1.165) is 44.7 Å². The van der Waals surface area contributed by atoms with Crippen molar-refractivity contribution in [1.82, 2.24) is 4.90 Å². The lowest BCUT2D eigenvalue weighted by Gasteiger charge is -2.36. The molecule has 6 nitrogen and oxygen atoms in total. The minimum Gasteiger partial charge on any atom is -0.369 e. The molecule has 0 saturated carbocycles. The van der Waals surface area contributed by atoms with Gasteiger partial charge in [0.1, 0.15) is 0 Å². The molecule has 0 bridgehead atoms. The van der Waals surface area contributed by atoms with E-state index in [1.807, 2.05) is 30.3 Å². The van der Waals surface area contributed by atoms with Crippen molar-refractivity contribution in [2.24, 2.45) is 0 Å². The number of hydrogen-bond donors (Lipinski definition) is 1. The minimum atomic E-state index is -3.44. The Morgan fingerprint density at radius 2 is 1.61 bits per heavy atom. The number of carbonyl (C=O) groups excluding carboxylic acids is 1. The molecule has 1 saturated heterocycles. The van der Waals surface area contributed by atoms with Crippen molar-refractivity contribution in [3.05, 3.63) is 88.9 Å². The third-order valence-electron chi connectivity index (χ3n) is 5.72. The molecule has 3 aromatic carbocycles. The summed E-state index contributed by atoms with van der Waals surface area (Å²) >= 11 is 6.13. The molecular formula is C25H26ClN3O3S. The van der Waals surface area contributed by atoms with E-state index in [2.05, 4.69) is 39.4 Å². The van der Waals surface area contributed by atoms with Crippen molar-refractivity contribution in [2.45, 2.75) is 11.4 Å². The zero-order valence-electron chi connectivity index (χ0n) is 18.4. The molecule has 1 aliphatic rings. The molecule has 0 unspecified atom stereocenters. The molecule has 1 amide bonds. The van der Waals surface area contributed by atoms with Crippen molar-refractivity contribution in [1.29, 1.82) is 0 Å². The van der Waals surface area contributed by atoms with Crippen LogP contribution in [0.25, 0.3) is 0 Å². The summed E-state index contributed by atoms with van der Waals surface area (Å²) in [6.07, 6.45) is 1.10. The number of nitrogens with one attached hydrogen (secondary N) is 1. The first kappa shape index (κ1) is 23.3. The second kappa shape index (κ2) is 9.95. The summed E-state index contributed by atoms with van der Waals surface area (Å²) in [5.74, 6) is -0.451. The van der Waals surface area contributed by atoms with Crippen LogP contribution in [0.15, 0.2) is 77.7 Å². The number of rotatable bonds is 6. The van der Waals surface area contributed by atoms with Gasteiger partial charge in [-0.25, -0.2) is 8.42 Å². The van der Waals surface area contributed by atoms with Gasteiger partial charge in [0.2, 0.25) is 0 Å². The third-order valence-corrected chi connectivity index (χ3v) is 7.16. The molecule has 0 atom stereocenters. The van der Waals surface area contributed by atoms with E-state index in [4.69, 9.17) is 11.6 Å². The summed E-state index contributed by atoms with van der Waals surface area (Å²) in [4.78, 5) is 17.5. The van der Waals surface area contributed by atoms with Crippen molar-refractivity contribution in [3.63, 3.8) is 0 Å². The number of halogens is 1. The van der Waals surface area contributed by atoms with E-state index >= 15 is 0 Å². The van der Waals surface area contributed by atoms with Gasteiger partial charge in [-0.15, -0.1) is 0 Å². The van der Waals surface area contributed by atoms with Crippen LogP contribution >= 0.6 is 11.6 Å². The van der Waals surface area contributed by atoms with Crippen molar-refractivity contribution in [3.8, 4) is 0 Å². The van der Waals surface area contributed by atoms with Crippen LogP contribution in [0.4, 0.5) is 11.4 Å². The molecule has 4 rings (SSSR count). The Hall–Kier alpha value is -2.87. The van der Waals surface area contributed by atoms with E-state index in [1.54, 1.807) is 0 Å². The number of carbonyl (C=O) groups is 1. The van der Waals surface area contributed by atoms with E-state index in [0.29, 0.717) is 5.69 Å². The monoisotopic (exact) mass is 483 g/mol. The number of nitrogens with zero attached hydrogens (tertiary/aromatic N) is 2. The molecular weight excluding hydrogens is 458 g/mol. The summed E-state index contributed by atoms with van der Waals surface area (Å²) in [5.41, 5.74) is 3.17. The Morgan fingerprint density at radius 3 is 2.24 bits per heavy atom. The molecule has 33 heavy (non-hydrogen) atoms. The van der Waals surface area contributed by atoms with Crippen LogP contribution in [-0.2, 0) is 16.4 Å². The molecule has 3 aromatic rings. The maximum atomic E-state index is 12.7. The van der Waals surface area contributed by atoms with Crippen LogP contribution in [0, 0.1) is 0 Å². The van der Waals surface area contributed by atoms with Crippen LogP contribution in [0.2, 0.25) is 5.02 Å². The summed E-state index contributed by atoms with van der Waals surface area (Å²) in [5, 5.41) is 3.00. The number of piperazine rings is 1. The highest BCUT2D eigenvalue weighted by Crippen LogP contribution is 2.24. The topological polar surface area (TPSA) is 69.7 Å². The minimum absolute atomic E-state index is 0.0544. The molecule has 0 spiro atoms. The van der Waals surface area contributed by atoms with Gasteiger partial charge in [-0.05, 0) is 48.0 Å². The van der Waals surface area contributed by atoms with Crippen LogP contribution in [0.5, 0.6) is 0 Å². The second-order valence-corrected chi connectivity index (χ2v) is 10.6. The standard InChI is InChI=1S/C25H26ClN3O3S/c1-33(31,32)22-11-12-24(26)23(17-22)25(30)27-20-7-9-21(10-8-20)29-15-13-28(14-16-29)18-19-5-3-2-4-6-19/h2-12,17H,13-16,18H2,1H3,(H,27,30). The van der Waals surface area contributed by atoms with Crippen molar-refractivity contribution < 1.29 is 13.2 Å². The van der Waals surface area contributed by atoms with Crippen LogP contribution in [0.3, 0.4) is 0 Å². The fraction of sp³-hybridized carbons (Fsp3) is 0.240. The second-order valence-electron chi connectivity index (χ2n) is 8.16. The molecule has 1 fully saturated rings. The average Bonchev–Trinajstić information content (AvgIpc) is 2.80. The smallest absolute Gasteiger partial charge is 0.257 e. The predicted octanol–water partition coefficient (Wildman–Crippen LogP) is 4.32. The summed E-state index contributed by atoms with van der Waals surface area (Å²) in [6.45, 7) is 4.81. The highest BCUT2D eigenvalue weighted by molar-refractivity contribution is 7.90. The molecule has 1 N–H and O–H groups in total. The quantitative estimate of drug-likeness (QED) is 0.565. The maximum absolute atomic E-state index is 12.7. The van der Waals surface area contributed by atoms with Crippen LogP contribution < -0.4 is 10.2 Å². The maximum Gasteiger partial charge on any atom is 0.257 e. The van der Waals surface area contributed by atoms with Crippen LogP contribution in [0.1, 0.15) is 15.9 Å². The number of amides is 1. The lowest BCUT2D eigenvalue weighted by Crippen LogP contribution is -2.45. The Kier molecular flexibility index (Phi) is 7.02. The Morgan fingerprint density at radius 1 is 0.939 bits per heavy atom. The normalized spacial score (nSPS) is 14.8. The first-order valence-electron chi connectivity index (χ1n) is 10.7. The van der Waals surface area contributed by atoms with E-state index in [-0.39, 0.29) is 15.5 Å². The highest BCUT2D eigenvalue weighted by Gasteiger charge is 2.18. The average molecular weight is 484 g/mol.